The Kier molecular flexibility index (Phi) is 5.54. The standard InChI is InChI=1S/C7H12O6Si/c1-5(8)12-14(13-6(2)9)4-3-7(10)11/h14H,3-4H2,1-2H3,(H,10,11). The minimum absolute atomic E-state index is 0.0918. The lowest BCUT2D eigenvalue weighted by Gasteiger charge is -2.13. The average Bonchev–Trinajstić information content (AvgIpc) is 1.97. The molecule has 0 rings (SSSR count). The summed E-state index contributed by atoms with van der Waals surface area (Å²) in [5.41, 5.74) is 0. The van der Waals surface area contributed by atoms with E-state index in [2.05, 4.69) is 0 Å². The van der Waals surface area contributed by atoms with Gasteiger partial charge in [-0.1, -0.05) is 0 Å². The number of rotatable bonds is 5. The van der Waals surface area contributed by atoms with E-state index in [4.69, 9.17) is 14.0 Å². The molecule has 0 aliphatic rings. The van der Waals surface area contributed by atoms with Gasteiger partial charge in [0.1, 0.15) is 0 Å². The third-order valence-electron chi connectivity index (χ3n) is 1.19. The molecule has 6 nitrogen and oxygen atoms in total. The number of carboxylic acids is 1. The number of hydrogen-bond donors (Lipinski definition) is 1. The molecule has 1 N–H and O–H groups in total. The Hall–Kier alpha value is -1.37. The van der Waals surface area contributed by atoms with E-state index in [9.17, 15) is 14.4 Å². The molecule has 7 heteroatoms. The van der Waals surface area contributed by atoms with Gasteiger partial charge >= 0.3 is 15.3 Å². The fourth-order valence-electron chi connectivity index (χ4n) is 0.753. The van der Waals surface area contributed by atoms with Crippen molar-refractivity contribution in [3.05, 3.63) is 0 Å². The van der Waals surface area contributed by atoms with E-state index in [1.165, 1.54) is 13.8 Å². The van der Waals surface area contributed by atoms with Crippen LogP contribution in [0.1, 0.15) is 20.3 Å². The van der Waals surface area contributed by atoms with Gasteiger partial charge in [-0.2, -0.15) is 0 Å². The van der Waals surface area contributed by atoms with Gasteiger partial charge in [0, 0.05) is 26.3 Å². The Bertz CT molecular complexity index is 222. The molecule has 0 atom stereocenters. The van der Waals surface area contributed by atoms with Crippen LogP contribution < -0.4 is 0 Å². The molecule has 0 saturated heterocycles. The first-order chi connectivity index (χ1) is 6.41. The second-order valence-electron chi connectivity index (χ2n) is 2.58. The van der Waals surface area contributed by atoms with Crippen molar-refractivity contribution in [2.75, 3.05) is 0 Å². The predicted molar refractivity (Wildman–Crippen MR) is 47.7 cm³/mol. The molecule has 0 fully saturated rings. The summed E-state index contributed by atoms with van der Waals surface area (Å²) >= 11 is 0. The second-order valence-corrected chi connectivity index (χ2v) is 4.49. The largest absolute Gasteiger partial charge is 0.487 e. The molecular weight excluding hydrogens is 208 g/mol. The fraction of sp³-hybridized carbons (Fsp3) is 0.571. The van der Waals surface area contributed by atoms with Crippen LogP contribution in [0.15, 0.2) is 0 Å². The molecule has 0 aromatic heterocycles. The minimum atomic E-state index is -2.49. The second kappa shape index (κ2) is 6.14. The Labute approximate surface area is 82.7 Å². The van der Waals surface area contributed by atoms with Crippen molar-refractivity contribution in [3.63, 3.8) is 0 Å². The van der Waals surface area contributed by atoms with Gasteiger partial charge in [-0.3, -0.25) is 14.4 Å². The van der Waals surface area contributed by atoms with Crippen molar-refractivity contribution in [3.8, 4) is 0 Å². The summed E-state index contributed by atoms with van der Waals surface area (Å²) in [6.07, 6.45) is -0.169. The first-order valence-electron chi connectivity index (χ1n) is 3.98. The molecule has 0 spiro atoms. The third kappa shape index (κ3) is 7.29. The van der Waals surface area contributed by atoms with E-state index in [1.54, 1.807) is 0 Å². The van der Waals surface area contributed by atoms with Crippen LogP contribution in [0, 0.1) is 0 Å². The zero-order valence-corrected chi connectivity index (χ0v) is 9.13. The lowest BCUT2D eigenvalue weighted by Crippen LogP contribution is -2.28. The Balaban J connectivity index is 4.03. The molecule has 0 unspecified atom stereocenters. The Morgan fingerprint density at radius 2 is 1.57 bits per heavy atom. The minimum Gasteiger partial charge on any atom is -0.487 e. The summed E-state index contributed by atoms with van der Waals surface area (Å²) in [5.74, 6) is -2.14. The smallest absolute Gasteiger partial charge is 0.448 e. The van der Waals surface area contributed by atoms with Crippen molar-refractivity contribution in [2.45, 2.75) is 26.3 Å². The van der Waals surface area contributed by atoms with E-state index in [0.717, 1.165) is 0 Å². The SMILES string of the molecule is CC(=O)O[SiH](CCC(=O)O)OC(C)=O. The molecule has 80 valence electrons. The summed E-state index contributed by atoms with van der Waals surface area (Å²) in [7, 11) is -2.49. The van der Waals surface area contributed by atoms with Crippen LogP contribution in [0.25, 0.3) is 0 Å². The number of aliphatic carboxylic acids is 1. The summed E-state index contributed by atoms with van der Waals surface area (Å²) in [5, 5.41) is 8.37. The van der Waals surface area contributed by atoms with Gasteiger partial charge < -0.3 is 14.0 Å². The van der Waals surface area contributed by atoms with E-state index in [0.29, 0.717) is 0 Å². The average molecular weight is 220 g/mol. The molecule has 14 heavy (non-hydrogen) atoms. The molecule has 0 bridgehead atoms. The van der Waals surface area contributed by atoms with E-state index < -0.39 is 27.2 Å². The van der Waals surface area contributed by atoms with Crippen LogP contribution in [0.2, 0.25) is 6.04 Å². The number of hydrogen-bond acceptors (Lipinski definition) is 5. The maximum absolute atomic E-state index is 10.6. The highest BCUT2D eigenvalue weighted by atomic mass is 28.3. The maximum Gasteiger partial charge on any atom is 0.448 e. The topological polar surface area (TPSA) is 89.9 Å². The van der Waals surface area contributed by atoms with Crippen LogP contribution in [-0.4, -0.2) is 32.3 Å². The van der Waals surface area contributed by atoms with Crippen LogP contribution in [0.3, 0.4) is 0 Å². The van der Waals surface area contributed by atoms with Crippen molar-refractivity contribution >= 4 is 27.2 Å². The maximum atomic E-state index is 10.6. The van der Waals surface area contributed by atoms with Crippen molar-refractivity contribution in [1.29, 1.82) is 0 Å². The first-order valence-corrected chi connectivity index (χ1v) is 5.74. The van der Waals surface area contributed by atoms with E-state index in [-0.39, 0.29) is 12.5 Å². The van der Waals surface area contributed by atoms with Crippen LogP contribution in [-0.2, 0) is 23.2 Å². The van der Waals surface area contributed by atoms with Crippen LogP contribution >= 0.6 is 0 Å². The molecule has 0 radical (unpaired) electrons. The highest BCUT2D eigenvalue weighted by Crippen LogP contribution is 2.02. The number of carboxylic acid groups (broad SMARTS) is 1. The van der Waals surface area contributed by atoms with Gasteiger partial charge in [0.25, 0.3) is 11.9 Å². The van der Waals surface area contributed by atoms with E-state index in [1.807, 2.05) is 0 Å². The Morgan fingerprint density at radius 1 is 1.14 bits per heavy atom. The lowest BCUT2D eigenvalue weighted by atomic mass is 10.5. The predicted octanol–water partition coefficient (Wildman–Crippen LogP) is -0.192. The van der Waals surface area contributed by atoms with Crippen LogP contribution in [0.5, 0.6) is 0 Å². The highest BCUT2D eigenvalue weighted by Gasteiger charge is 2.20. The summed E-state index contributed by atoms with van der Waals surface area (Å²) in [4.78, 5) is 31.3. The van der Waals surface area contributed by atoms with Crippen molar-refractivity contribution in [1.82, 2.24) is 0 Å². The van der Waals surface area contributed by atoms with Crippen LogP contribution in [0.4, 0.5) is 0 Å². The van der Waals surface area contributed by atoms with E-state index >= 15 is 0 Å². The zero-order valence-electron chi connectivity index (χ0n) is 7.98. The number of carbonyl (C=O) groups is 3. The monoisotopic (exact) mass is 220 g/mol. The molecule has 0 amide bonds. The van der Waals surface area contributed by atoms with Gasteiger partial charge in [-0.05, 0) is 0 Å². The third-order valence-corrected chi connectivity index (χ3v) is 3.14. The normalized spacial score (nSPS) is 9.64. The molecule has 0 aromatic carbocycles. The summed E-state index contributed by atoms with van der Waals surface area (Å²) < 4.78 is 9.41. The van der Waals surface area contributed by atoms with Gasteiger partial charge in [0.15, 0.2) is 0 Å². The van der Waals surface area contributed by atoms with Gasteiger partial charge in [-0.15, -0.1) is 0 Å². The summed E-state index contributed by atoms with van der Waals surface area (Å²) in [6.45, 7) is 2.37. The first kappa shape index (κ1) is 12.6. The molecule has 0 heterocycles. The molecule has 0 aliphatic heterocycles. The Morgan fingerprint density at radius 3 is 1.86 bits per heavy atom. The lowest BCUT2D eigenvalue weighted by molar-refractivity contribution is -0.140. The highest BCUT2D eigenvalue weighted by molar-refractivity contribution is 6.49. The molecular formula is C7H12O6Si. The molecule has 0 aliphatic carbocycles. The van der Waals surface area contributed by atoms with Gasteiger partial charge in [-0.25, -0.2) is 0 Å². The quantitative estimate of drug-likeness (QED) is 0.646. The van der Waals surface area contributed by atoms with Gasteiger partial charge in [0.2, 0.25) is 0 Å². The summed E-state index contributed by atoms with van der Waals surface area (Å²) in [6, 6.07) is 0.0918. The van der Waals surface area contributed by atoms with Crippen molar-refractivity contribution in [2.24, 2.45) is 0 Å². The van der Waals surface area contributed by atoms with Crippen molar-refractivity contribution < 1.29 is 28.3 Å². The number of carbonyl (C=O) groups excluding carboxylic acids is 2. The zero-order chi connectivity index (χ0) is 11.1. The fourth-order valence-corrected chi connectivity index (χ4v) is 2.26. The van der Waals surface area contributed by atoms with Gasteiger partial charge in [0.05, 0.1) is 0 Å². The molecule has 0 aromatic rings. The molecule has 0 saturated carbocycles.